The van der Waals surface area contributed by atoms with Crippen LogP contribution in [0.5, 0.6) is 0 Å². The summed E-state index contributed by atoms with van der Waals surface area (Å²) in [6.45, 7) is 5.05. The van der Waals surface area contributed by atoms with Crippen molar-refractivity contribution >= 4 is 0 Å². The van der Waals surface area contributed by atoms with Crippen LogP contribution in [0, 0.1) is 5.41 Å². The minimum atomic E-state index is -0.506. The molecule has 1 aliphatic heterocycles. The topological polar surface area (TPSA) is 38.4 Å². The van der Waals surface area contributed by atoms with Crippen LogP contribution in [0.25, 0.3) is 0 Å². The first-order valence-electron chi connectivity index (χ1n) is 3.45. The Bertz CT molecular complexity index is 101. The summed E-state index contributed by atoms with van der Waals surface area (Å²) in [6, 6.07) is 0. The largest absolute Gasteiger partial charge is 0.349 e. The van der Waals surface area contributed by atoms with Crippen LogP contribution in [0.4, 0.5) is 0 Å². The molecule has 0 aromatic rings. The zero-order valence-electron chi connectivity index (χ0n) is 6.42. The Morgan fingerprint density at radius 3 is 2.30 bits per heavy atom. The average molecular weight is 145 g/mol. The molecule has 3 nitrogen and oxygen atoms in total. The average Bonchev–Trinajstić information content (AvgIpc) is 1.88. The standard InChI is InChI=1S/C7H13O3/c1-7(2)4-9-6(3-8)10-5-7/h6H,3-5H2,1-2H3. The predicted octanol–water partition coefficient (Wildman–Crippen LogP) is 0.816. The van der Waals surface area contributed by atoms with Crippen molar-refractivity contribution in [3.05, 3.63) is 0 Å². The third-order valence-corrected chi connectivity index (χ3v) is 1.46. The molecule has 10 heavy (non-hydrogen) atoms. The summed E-state index contributed by atoms with van der Waals surface area (Å²) < 4.78 is 10.2. The molecule has 1 saturated heterocycles. The lowest BCUT2D eigenvalue weighted by Crippen LogP contribution is -2.39. The Morgan fingerprint density at radius 1 is 1.40 bits per heavy atom. The molecule has 1 fully saturated rings. The molecule has 0 aromatic carbocycles. The van der Waals surface area contributed by atoms with Crippen LogP contribution in [-0.4, -0.2) is 26.1 Å². The highest BCUT2D eigenvalue weighted by molar-refractivity contribution is 4.70. The number of rotatable bonds is 1. The SMILES string of the molecule is CC1(C)COC(C[O])OC1. The number of hydrogen-bond donors (Lipinski definition) is 0. The first-order chi connectivity index (χ1) is 4.64. The zero-order chi connectivity index (χ0) is 7.61. The van der Waals surface area contributed by atoms with Crippen LogP contribution < -0.4 is 0 Å². The van der Waals surface area contributed by atoms with E-state index in [1.165, 1.54) is 0 Å². The molecule has 0 aromatic heterocycles. The van der Waals surface area contributed by atoms with Gasteiger partial charge in [0, 0.05) is 5.41 Å². The second kappa shape index (κ2) is 2.86. The molecule has 0 bridgehead atoms. The molecule has 0 N–H and O–H groups in total. The van der Waals surface area contributed by atoms with E-state index in [2.05, 4.69) is 0 Å². The van der Waals surface area contributed by atoms with Crippen molar-refractivity contribution in [2.75, 3.05) is 19.8 Å². The summed E-state index contributed by atoms with van der Waals surface area (Å²) in [4.78, 5) is 0. The van der Waals surface area contributed by atoms with E-state index in [9.17, 15) is 5.11 Å². The number of hydrogen-bond acceptors (Lipinski definition) is 2. The molecule has 0 saturated carbocycles. The van der Waals surface area contributed by atoms with Gasteiger partial charge in [0.25, 0.3) is 0 Å². The first kappa shape index (κ1) is 7.98. The second-order valence-corrected chi connectivity index (χ2v) is 3.38. The lowest BCUT2D eigenvalue weighted by molar-refractivity contribution is -0.239. The van der Waals surface area contributed by atoms with Crippen molar-refractivity contribution < 1.29 is 14.6 Å². The highest BCUT2D eigenvalue weighted by Crippen LogP contribution is 2.22. The van der Waals surface area contributed by atoms with Crippen LogP contribution >= 0.6 is 0 Å². The van der Waals surface area contributed by atoms with Crippen molar-refractivity contribution in [3.63, 3.8) is 0 Å². The highest BCUT2D eigenvalue weighted by atomic mass is 16.7. The molecule has 0 spiro atoms. The summed E-state index contributed by atoms with van der Waals surface area (Å²) in [5, 5.41) is 10.2. The van der Waals surface area contributed by atoms with E-state index in [1.54, 1.807) is 0 Å². The van der Waals surface area contributed by atoms with Crippen molar-refractivity contribution in [1.82, 2.24) is 0 Å². The van der Waals surface area contributed by atoms with Crippen molar-refractivity contribution in [3.8, 4) is 0 Å². The second-order valence-electron chi connectivity index (χ2n) is 3.38. The smallest absolute Gasteiger partial charge is 0.184 e. The quantitative estimate of drug-likeness (QED) is 0.547. The lowest BCUT2D eigenvalue weighted by Gasteiger charge is -2.33. The lowest BCUT2D eigenvalue weighted by atomic mass is 9.96. The van der Waals surface area contributed by atoms with E-state index in [4.69, 9.17) is 9.47 Å². The van der Waals surface area contributed by atoms with Gasteiger partial charge in [0.05, 0.1) is 13.2 Å². The monoisotopic (exact) mass is 145 g/mol. The highest BCUT2D eigenvalue weighted by Gasteiger charge is 2.27. The molecule has 59 valence electrons. The van der Waals surface area contributed by atoms with Gasteiger partial charge in [-0.25, -0.2) is 5.11 Å². The molecule has 0 aliphatic carbocycles. The van der Waals surface area contributed by atoms with Gasteiger partial charge < -0.3 is 9.47 Å². The van der Waals surface area contributed by atoms with Crippen LogP contribution in [0.1, 0.15) is 13.8 Å². The summed E-state index contributed by atoms with van der Waals surface area (Å²) in [6.07, 6.45) is -0.506. The molecule has 3 heteroatoms. The van der Waals surface area contributed by atoms with Gasteiger partial charge in [-0.05, 0) is 0 Å². The molecule has 0 unspecified atom stereocenters. The molecule has 0 amide bonds. The van der Waals surface area contributed by atoms with Crippen LogP contribution in [0.15, 0.2) is 0 Å². The van der Waals surface area contributed by atoms with Gasteiger partial charge in [-0.15, -0.1) is 0 Å². The van der Waals surface area contributed by atoms with Gasteiger partial charge in [0.15, 0.2) is 6.29 Å². The Kier molecular flexibility index (Phi) is 2.28. The minimum absolute atomic E-state index is 0.0751. The van der Waals surface area contributed by atoms with Gasteiger partial charge in [-0.2, -0.15) is 0 Å². The maximum absolute atomic E-state index is 10.2. The first-order valence-corrected chi connectivity index (χ1v) is 3.45. The van der Waals surface area contributed by atoms with Crippen LogP contribution in [-0.2, 0) is 14.6 Å². The third kappa shape index (κ3) is 1.94. The molecule has 1 rings (SSSR count). The maximum atomic E-state index is 10.2. The fourth-order valence-corrected chi connectivity index (χ4v) is 0.823. The molecule has 1 radical (unpaired) electrons. The third-order valence-electron chi connectivity index (χ3n) is 1.46. The summed E-state index contributed by atoms with van der Waals surface area (Å²) in [5.74, 6) is 0. The Labute approximate surface area is 60.9 Å². The van der Waals surface area contributed by atoms with E-state index in [-0.39, 0.29) is 12.0 Å². The van der Waals surface area contributed by atoms with E-state index >= 15 is 0 Å². The van der Waals surface area contributed by atoms with Crippen LogP contribution in [0.2, 0.25) is 0 Å². The van der Waals surface area contributed by atoms with E-state index in [1.807, 2.05) is 13.8 Å². The van der Waals surface area contributed by atoms with E-state index in [0.29, 0.717) is 13.2 Å². The molecular formula is C7H13O3. The summed E-state index contributed by atoms with van der Waals surface area (Å²) in [5.41, 5.74) is 0.0751. The van der Waals surface area contributed by atoms with Crippen molar-refractivity contribution in [1.29, 1.82) is 0 Å². The van der Waals surface area contributed by atoms with Crippen LogP contribution in [0.3, 0.4) is 0 Å². The molecule has 1 aliphatic rings. The van der Waals surface area contributed by atoms with Gasteiger partial charge in [0.2, 0.25) is 0 Å². The molecule has 1 heterocycles. The summed E-state index contributed by atoms with van der Waals surface area (Å²) in [7, 11) is 0. The zero-order valence-corrected chi connectivity index (χ0v) is 6.42. The molecule has 0 atom stereocenters. The Balaban J connectivity index is 2.31. The Hall–Kier alpha value is -0.120. The Morgan fingerprint density at radius 2 is 1.90 bits per heavy atom. The molecular weight excluding hydrogens is 132 g/mol. The minimum Gasteiger partial charge on any atom is -0.349 e. The normalized spacial score (nSPS) is 26.7. The van der Waals surface area contributed by atoms with Gasteiger partial charge in [0.1, 0.15) is 6.61 Å². The summed E-state index contributed by atoms with van der Waals surface area (Å²) >= 11 is 0. The van der Waals surface area contributed by atoms with Crippen molar-refractivity contribution in [2.45, 2.75) is 20.1 Å². The number of ether oxygens (including phenoxy) is 2. The fraction of sp³-hybridized carbons (Fsp3) is 1.00. The predicted molar refractivity (Wildman–Crippen MR) is 35.0 cm³/mol. The van der Waals surface area contributed by atoms with E-state index < -0.39 is 6.29 Å². The van der Waals surface area contributed by atoms with Gasteiger partial charge in [-0.3, -0.25) is 0 Å². The van der Waals surface area contributed by atoms with E-state index in [0.717, 1.165) is 0 Å². The maximum Gasteiger partial charge on any atom is 0.184 e. The fourth-order valence-electron chi connectivity index (χ4n) is 0.823. The van der Waals surface area contributed by atoms with Crippen molar-refractivity contribution in [2.24, 2.45) is 5.41 Å². The van der Waals surface area contributed by atoms with Gasteiger partial charge >= 0.3 is 0 Å². The van der Waals surface area contributed by atoms with Gasteiger partial charge in [-0.1, -0.05) is 13.8 Å².